The van der Waals surface area contributed by atoms with E-state index in [4.69, 9.17) is 40.2 Å². The van der Waals surface area contributed by atoms with Crippen LogP contribution < -0.4 is 15.0 Å². The molecule has 0 unspecified atom stereocenters. The summed E-state index contributed by atoms with van der Waals surface area (Å²) < 4.78 is 21.1. The van der Waals surface area contributed by atoms with Gasteiger partial charge in [-0.2, -0.15) is 0 Å². The minimum absolute atomic E-state index is 0.0530. The minimum Gasteiger partial charge on any atom is -0.495 e. The van der Waals surface area contributed by atoms with Gasteiger partial charge in [0.15, 0.2) is 5.11 Å². The van der Waals surface area contributed by atoms with Crippen molar-refractivity contribution in [2.45, 2.75) is 12.1 Å². The monoisotopic (exact) mass is 512 g/mol. The SMILES string of the molecule is COc1ccc(N2C(=S)N[C@H](c3ccccn3)[C@H]2c2cccn2-c2ccc(F)c(Cl)c2)cc1Cl. The van der Waals surface area contributed by atoms with Crippen molar-refractivity contribution in [1.82, 2.24) is 14.9 Å². The topological polar surface area (TPSA) is 42.3 Å². The Hall–Kier alpha value is -3.13. The molecule has 2 aromatic carbocycles. The molecule has 3 heterocycles. The van der Waals surface area contributed by atoms with Crippen LogP contribution in [0.2, 0.25) is 10.0 Å². The third-order valence-electron chi connectivity index (χ3n) is 5.78. The first-order valence-electron chi connectivity index (χ1n) is 10.4. The first kappa shape index (κ1) is 22.7. The van der Waals surface area contributed by atoms with Crippen LogP contribution in [-0.4, -0.2) is 21.8 Å². The van der Waals surface area contributed by atoms with Crippen LogP contribution in [0.4, 0.5) is 10.1 Å². The summed E-state index contributed by atoms with van der Waals surface area (Å²) in [5, 5.41) is 4.49. The highest BCUT2D eigenvalue weighted by molar-refractivity contribution is 7.80. The molecule has 0 aliphatic carbocycles. The van der Waals surface area contributed by atoms with Crippen molar-refractivity contribution < 1.29 is 9.13 Å². The fourth-order valence-corrected chi connectivity index (χ4v) is 5.02. The number of thiocarbonyl (C=S) groups is 1. The van der Waals surface area contributed by atoms with Gasteiger partial charge in [0.1, 0.15) is 17.6 Å². The molecule has 5 rings (SSSR count). The molecule has 5 nitrogen and oxygen atoms in total. The summed E-state index contributed by atoms with van der Waals surface area (Å²) in [4.78, 5) is 6.59. The van der Waals surface area contributed by atoms with Gasteiger partial charge in [-0.1, -0.05) is 29.3 Å². The minimum atomic E-state index is -0.469. The molecule has 0 amide bonds. The zero-order valence-corrected chi connectivity index (χ0v) is 20.3. The van der Waals surface area contributed by atoms with Crippen molar-refractivity contribution in [1.29, 1.82) is 0 Å². The molecule has 1 aliphatic heterocycles. The standard InChI is InChI=1S/C25H19Cl2FN4OS/c1-33-22-10-8-16(14-18(22)27)32-24(23(30-25(32)34)20-5-2-3-11-29-20)21-6-4-12-31(21)15-7-9-19(28)17(26)13-15/h2-14,23-24H,1H3,(H,30,34)/t23-,24-/m1/s1. The van der Waals surface area contributed by atoms with E-state index in [1.807, 2.05) is 64.2 Å². The summed E-state index contributed by atoms with van der Waals surface area (Å²) >= 11 is 18.3. The molecular weight excluding hydrogens is 494 g/mol. The summed E-state index contributed by atoms with van der Waals surface area (Å²) in [7, 11) is 1.57. The van der Waals surface area contributed by atoms with E-state index < -0.39 is 5.82 Å². The number of nitrogens with zero attached hydrogens (tertiary/aromatic N) is 3. The number of benzene rings is 2. The van der Waals surface area contributed by atoms with E-state index in [2.05, 4.69) is 10.3 Å². The van der Waals surface area contributed by atoms with E-state index in [1.165, 1.54) is 6.07 Å². The van der Waals surface area contributed by atoms with E-state index in [-0.39, 0.29) is 17.1 Å². The number of aromatic nitrogens is 2. The molecule has 0 saturated carbocycles. The fourth-order valence-electron chi connectivity index (χ4n) is 4.24. The highest BCUT2D eigenvalue weighted by atomic mass is 35.5. The highest BCUT2D eigenvalue weighted by Gasteiger charge is 2.42. The number of hydrogen-bond donors (Lipinski definition) is 1. The van der Waals surface area contributed by atoms with Gasteiger partial charge in [-0.25, -0.2) is 4.39 Å². The lowest BCUT2D eigenvalue weighted by molar-refractivity contribution is 0.415. The van der Waals surface area contributed by atoms with E-state index in [1.54, 1.807) is 25.4 Å². The number of ether oxygens (including phenoxy) is 1. The van der Waals surface area contributed by atoms with Gasteiger partial charge in [0, 0.05) is 29.5 Å². The maximum absolute atomic E-state index is 13.9. The van der Waals surface area contributed by atoms with E-state index in [9.17, 15) is 4.39 Å². The number of hydrogen-bond acceptors (Lipinski definition) is 3. The lowest BCUT2D eigenvalue weighted by Gasteiger charge is -2.29. The first-order valence-corrected chi connectivity index (χ1v) is 11.6. The number of halogens is 3. The van der Waals surface area contributed by atoms with Gasteiger partial charge in [0.2, 0.25) is 0 Å². The van der Waals surface area contributed by atoms with Crippen LogP contribution in [0.15, 0.2) is 79.1 Å². The largest absolute Gasteiger partial charge is 0.495 e. The number of nitrogens with one attached hydrogen (secondary N) is 1. The molecular formula is C25H19Cl2FN4OS. The molecule has 1 saturated heterocycles. The number of pyridine rings is 1. The van der Waals surface area contributed by atoms with Crippen LogP contribution in [0.25, 0.3) is 5.69 Å². The van der Waals surface area contributed by atoms with Gasteiger partial charge < -0.3 is 19.5 Å². The normalized spacial score (nSPS) is 17.6. The maximum Gasteiger partial charge on any atom is 0.174 e. The lowest BCUT2D eigenvalue weighted by atomic mass is 10.0. The molecule has 172 valence electrons. The Morgan fingerprint density at radius 1 is 1.00 bits per heavy atom. The molecule has 2 atom stereocenters. The Bertz CT molecular complexity index is 1360. The Labute approximate surface area is 211 Å². The van der Waals surface area contributed by atoms with Crippen LogP contribution in [0.5, 0.6) is 5.75 Å². The molecule has 34 heavy (non-hydrogen) atoms. The fraction of sp³-hybridized carbons (Fsp3) is 0.120. The van der Waals surface area contributed by atoms with Gasteiger partial charge >= 0.3 is 0 Å². The Morgan fingerprint density at radius 2 is 1.79 bits per heavy atom. The van der Waals surface area contributed by atoms with Gasteiger partial charge in [-0.05, 0) is 72.9 Å². The van der Waals surface area contributed by atoms with Gasteiger partial charge in [-0.3, -0.25) is 4.98 Å². The Kier molecular flexibility index (Phi) is 6.16. The van der Waals surface area contributed by atoms with Crippen molar-refractivity contribution in [3.05, 3.63) is 106 Å². The number of rotatable bonds is 5. The zero-order chi connectivity index (χ0) is 23.8. The number of methoxy groups -OCH3 is 1. The molecule has 1 fully saturated rings. The van der Waals surface area contributed by atoms with E-state index in [0.29, 0.717) is 15.9 Å². The summed E-state index contributed by atoms with van der Waals surface area (Å²) in [6.07, 6.45) is 3.66. The van der Waals surface area contributed by atoms with E-state index in [0.717, 1.165) is 22.8 Å². The molecule has 1 N–H and O–H groups in total. The molecule has 9 heteroatoms. The quantitative estimate of drug-likeness (QED) is 0.309. The predicted octanol–water partition coefficient (Wildman–Crippen LogP) is 6.50. The van der Waals surface area contributed by atoms with Crippen molar-refractivity contribution >= 4 is 46.2 Å². The van der Waals surface area contributed by atoms with Crippen LogP contribution in [0.1, 0.15) is 23.5 Å². The number of anilines is 1. The van der Waals surface area contributed by atoms with Crippen LogP contribution in [0.3, 0.4) is 0 Å². The van der Waals surface area contributed by atoms with Gasteiger partial charge in [-0.15, -0.1) is 0 Å². The van der Waals surface area contributed by atoms with Crippen molar-refractivity contribution in [2.24, 2.45) is 0 Å². The zero-order valence-electron chi connectivity index (χ0n) is 18.0. The second-order valence-corrected chi connectivity index (χ2v) is 8.92. The third kappa shape index (κ3) is 4.00. The van der Waals surface area contributed by atoms with Crippen LogP contribution in [0, 0.1) is 5.82 Å². The Balaban J connectivity index is 1.67. The first-order chi connectivity index (χ1) is 16.5. The molecule has 2 aromatic heterocycles. The van der Waals surface area contributed by atoms with Crippen molar-refractivity contribution in [3.63, 3.8) is 0 Å². The molecule has 1 aliphatic rings. The van der Waals surface area contributed by atoms with Crippen molar-refractivity contribution in [3.8, 4) is 11.4 Å². The highest BCUT2D eigenvalue weighted by Crippen LogP contribution is 2.43. The van der Waals surface area contributed by atoms with Crippen molar-refractivity contribution in [2.75, 3.05) is 12.0 Å². The smallest absolute Gasteiger partial charge is 0.174 e. The second kappa shape index (κ2) is 9.25. The lowest BCUT2D eigenvalue weighted by Crippen LogP contribution is -2.30. The van der Waals surface area contributed by atoms with E-state index >= 15 is 0 Å². The average molecular weight is 513 g/mol. The molecule has 0 spiro atoms. The average Bonchev–Trinajstić information content (AvgIpc) is 3.45. The Morgan fingerprint density at radius 3 is 2.50 bits per heavy atom. The third-order valence-corrected chi connectivity index (χ3v) is 6.68. The molecule has 0 radical (unpaired) electrons. The molecule has 0 bridgehead atoms. The predicted molar refractivity (Wildman–Crippen MR) is 137 cm³/mol. The van der Waals surface area contributed by atoms with Gasteiger partial charge in [0.25, 0.3) is 0 Å². The van der Waals surface area contributed by atoms with Crippen LogP contribution in [-0.2, 0) is 0 Å². The summed E-state index contributed by atoms with van der Waals surface area (Å²) in [6.45, 7) is 0. The summed E-state index contributed by atoms with van der Waals surface area (Å²) in [5.41, 5.74) is 3.28. The van der Waals surface area contributed by atoms with Gasteiger partial charge in [0.05, 0.1) is 28.9 Å². The second-order valence-electron chi connectivity index (χ2n) is 7.72. The summed E-state index contributed by atoms with van der Waals surface area (Å²) in [5.74, 6) is 0.106. The molecule has 4 aromatic rings. The maximum atomic E-state index is 13.9. The summed E-state index contributed by atoms with van der Waals surface area (Å²) in [6, 6.07) is 19.4. The van der Waals surface area contributed by atoms with Crippen LogP contribution >= 0.6 is 35.4 Å².